The number of hydrogen-bond donors (Lipinski definition) is 3. The van der Waals surface area contributed by atoms with Crippen LogP contribution in [0.5, 0.6) is 5.75 Å². The summed E-state index contributed by atoms with van der Waals surface area (Å²) in [4.78, 5) is 22.6. The number of alkyl halides is 3. The molecule has 0 saturated carbocycles. The fourth-order valence-corrected chi connectivity index (χ4v) is 2.25. The fourth-order valence-electron chi connectivity index (χ4n) is 2.25. The highest BCUT2D eigenvalue weighted by Gasteiger charge is 2.38. The number of carbonyl (C=O) groups excluding carboxylic acids is 1. The van der Waals surface area contributed by atoms with Gasteiger partial charge in [0.15, 0.2) is 0 Å². The predicted molar refractivity (Wildman–Crippen MR) is 72.9 cm³/mol. The van der Waals surface area contributed by atoms with Gasteiger partial charge >= 0.3 is 19.3 Å². The lowest BCUT2D eigenvalue weighted by molar-refractivity contribution is -0.144. The Kier molecular flexibility index (Phi) is 4.83. The summed E-state index contributed by atoms with van der Waals surface area (Å²) in [6.07, 6.45) is -6.41. The maximum absolute atomic E-state index is 12.1. The second-order valence-electron chi connectivity index (χ2n) is 5.10. The number of nitrogens with one attached hydrogen (secondary N) is 1. The highest BCUT2D eigenvalue weighted by molar-refractivity contribution is 6.47. The number of halogens is 3. The van der Waals surface area contributed by atoms with Crippen molar-refractivity contribution in [1.29, 1.82) is 0 Å². The SMILES string of the molecule is O=C(CCC(F)(F)F)N[C@H]1Cc2cccc(C(=O)O)c2OB1O. The summed E-state index contributed by atoms with van der Waals surface area (Å²) >= 11 is 0. The average molecular weight is 331 g/mol. The number of hydrogen-bond acceptors (Lipinski definition) is 4. The Morgan fingerprint density at radius 3 is 2.70 bits per heavy atom. The van der Waals surface area contributed by atoms with Crippen LogP contribution in [-0.4, -0.2) is 41.2 Å². The molecule has 1 amide bonds. The molecule has 1 aliphatic rings. The summed E-state index contributed by atoms with van der Waals surface area (Å²) < 4.78 is 41.4. The smallest absolute Gasteiger partial charge is 0.534 e. The van der Waals surface area contributed by atoms with Crippen molar-refractivity contribution in [2.75, 3.05) is 0 Å². The molecule has 23 heavy (non-hydrogen) atoms. The summed E-state index contributed by atoms with van der Waals surface area (Å²) in [5, 5.41) is 21.2. The van der Waals surface area contributed by atoms with Crippen LogP contribution in [0.4, 0.5) is 13.2 Å². The Labute approximate surface area is 129 Å². The summed E-state index contributed by atoms with van der Waals surface area (Å²) in [5.41, 5.74) is 0.305. The van der Waals surface area contributed by atoms with Crippen molar-refractivity contribution in [2.45, 2.75) is 31.4 Å². The van der Waals surface area contributed by atoms with Crippen LogP contribution in [0.15, 0.2) is 18.2 Å². The summed E-state index contributed by atoms with van der Waals surface area (Å²) in [7, 11) is -1.54. The number of carboxylic acid groups (broad SMARTS) is 1. The third-order valence-corrected chi connectivity index (χ3v) is 3.33. The first kappa shape index (κ1) is 17.1. The van der Waals surface area contributed by atoms with E-state index in [0.29, 0.717) is 5.56 Å². The van der Waals surface area contributed by atoms with Gasteiger partial charge in [0.1, 0.15) is 5.75 Å². The summed E-state index contributed by atoms with van der Waals surface area (Å²) in [6.45, 7) is 0. The normalized spacial score (nSPS) is 17.2. The van der Waals surface area contributed by atoms with Crippen molar-refractivity contribution in [2.24, 2.45) is 0 Å². The van der Waals surface area contributed by atoms with E-state index in [1.165, 1.54) is 12.1 Å². The third-order valence-electron chi connectivity index (χ3n) is 3.33. The minimum atomic E-state index is -4.44. The first-order valence-electron chi connectivity index (χ1n) is 6.73. The van der Waals surface area contributed by atoms with Gasteiger partial charge in [0.25, 0.3) is 0 Å². The molecule has 0 aliphatic carbocycles. The fraction of sp³-hybridized carbons (Fsp3) is 0.385. The topological polar surface area (TPSA) is 95.9 Å². The van der Waals surface area contributed by atoms with Crippen LogP contribution in [0.25, 0.3) is 0 Å². The molecule has 1 aliphatic heterocycles. The second-order valence-corrected chi connectivity index (χ2v) is 5.10. The Morgan fingerprint density at radius 1 is 1.39 bits per heavy atom. The van der Waals surface area contributed by atoms with Crippen molar-refractivity contribution in [3.8, 4) is 5.75 Å². The minimum absolute atomic E-state index is 0.00621. The zero-order chi connectivity index (χ0) is 17.2. The van der Waals surface area contributed by atoms with E-state index in [1.54, 1.807) is 6.07 Å². The van der Waals surface area contributed by atoms with Gasteiger partial charge in [-0.3, -0.25) is 4.79 Å². The van der Waals surface area contributed by atoms with E-state index in [2.05, 4.69) is 5.32 Å². The Bertz CT molecular complexity index is 622. The molecular weight excluding hydrogens is 318 g/mol. The van der Waals surface area contributed by atoms with Crippen LogP contribution in [0.3, 0.4) is 0 Å². The number of benzene rings is 1. The van der Waals surface area contributed by atoms with Crippen LogP contribution >= 0.6 is 0 Å². The zero-order valence-corrected chi connectivity index (χ0v) is 11.8. The van der Waals surface area contributed by atoms with Crippen molar-refractivity contribution < 1.29 is 37.5 Å². The molecule has 10 heteroatoms. The largest absolute Gasteiger partial charge is 0.547 e. The molecule has 1 aromatic carbocycles. The predicted octanol–water partition coefficient (Wildman–Crippen LogP) is 1.17. The van der Waals surface area contributed by atoms with Gasteiger partial charge in [-0.15, -0.1) is 0 Å². The lowest BCUT2D eigenvalue weighted by Gasteiger charge is -2.28. The molecule has 0 aromatic heterocycles. The van der Waals surface area contributed by atoms with E-state index >= 15 is 0 Å². The lowest BCUT2D eigenvalue weighted by Crippen LogP contribution is -2.53. The van der Waals surface area contributed by atoms with Gasteiger partial charge in [0.05, 0.1) is 17.9 Å². The molecule has 0 unspecified atom stereocenters. The molecule has 3 N–H and O–H groups in total. The number of carbonyl (C=O) groups is 2. The minimum Gasteiger partial charge on any atom is -0.534 e. The molecule has 0 radical (unpaired) electrons. The first-order chi connectivity index (χ1) is 10.7. The van der Waals surface area contributed by atoms with Gasteiger partial charge in [-0.1, -0.05) is 12.1 Å². The molecule has 0 bridgehead atoms. The first-order valence-corrected chi connectivity index (χ1v) is 6.73. The Balaban J connectivity index is 2.06. The van der Waals surface area contributed by atoms with Gasteiger partial charge in [0, 0.05) is 6.42 Å². The number of rotatable bonds is 4. The van der Waals surface area contributed by atoms with Gasteiger partial charge in [-0.25, -0.2) is 4.79 Å². The number of aromatic carboxylic acids is 1. The molecule has 0 fully saturated rings. The van der Waals surface area contributed by atoms with E-state index in [-0.39, 0.29) is 17.7 Å². The number of amides is 1. The molecule has 2 rings (SSSR count). The van der Waals surface area contributed by atoms with E-state index in [4.69, 9.17) is 9.76 Å². The Hall–Kier alpha value is -2.23. The van der Waals surface area contributed by atoms with Crippen molar-refractivity contribution in [3.63, 3.8) is 0 Å². The molecule has 6 nitrogen and oxygen atoms in total. The molecule has 1 heterocycles. The van der Waals surface area contributed by atoms with Crippen LogP contribution in [0, 0.1) is 0 Å². The highest BCUT2D eigenvalue weighted by atomic mass is 19.4. The maximum atomic E-state index is 12.1. The van der Waals surface area contributed by atoms with Gasteiger partial charge < -0.3 is 20.1 Å². The highest BCUT2D eigenvalue weighted by Crippen LogP contribution is 2.30. The molecule has 124 valence electrons. The monoisotopic (exact) mass is 331 g/mol. The number of para-hydroxylation sites is 1. The molecule has 0 spiro atoms. The maximum Gasteiger partial charge on any atom is 0.547 e. The van der Waals surface area contributed by atoms with Crippen LogP contribution in [0.1, 0.15) is 28.8 Å². The average Bonchev–Trinajstić information content (AvgIpc) is 2.44. The molecule has 1 aromatic rings. The second kappa shape index (κ2) is 6.49. The van der Waals surface area contributed by atoms with E-state index < -0.39 is 44.0 Å². The van der Waals surface area contributed by atoms with Crippen LogP contribution in [-0.2, 0) is 11.2 Å². The lowest BCUT2D eigenvalue weighted by atomic mass is 9.72. The zero-order valence-electron chi connectivity index (χ0n) is 11.8. The van der Waals surface area contributed by atoms with Gasteiger partial charge in [-0.05, 0) is 18.1 Å². The summed E-state index contributed by atoms with van der Waals surface area (Å²) in [5.74, 6) is -3.06. The molecule has 1 atom stereocenters. The number of fused-ring (bicyclic) bond motifs is 1. The van der Waals surface area contributed by atoms with E-state index in [0.717, 1.165) is 0 Å². The van der Waals surface area contributed by atoms with E-state index in [1.807, 2.05) is 0 Å². The van der Waals surface area contributed by atoms with Crippen molar-refractivity contribution in [3.05, 3.63) is 29.3 Å². The number of carboxylic acids is 1. The van der Waals surface area contributed by atoms with Gasteiger partial charge in [-0.2, -0.15) is 13.2 Å². The van der Waals surface area contributed by atoms with Crippen LogP contribution in [0.2, 0.25) is 0 Å². The van der Waals surface area contributed by atoms with Crippen LogP contribution < -0.4 is 9.97 Å². The summed E-state index contributed by atoms with van der Waals surface area (Å²) in [6, 6.07) is 4.34. The Morgan fingerprint density at radius 2 is 2.09 bits per heavy atom. The molecule has 0 saturated heterocycles. The third kappa shape index (κ3) is 4.38. The van der Waals surface area contributed by atoms with E-state index in [9.17, 15) is 27.8 Å². The standard InChI is InChI=1S/C13H13BF3NO5/c15-13(16,17)5-4-10(19)18-9-6-7-2-1-3-8(12(20)21)11(7)23-14(9)22/h1-3,9,22H,4-6H2,(H,18,19)(H,20,21)/t9-/m0/s1. The molecular formula is C13H13BF3NO5. The van der Waals surface area contributed by atoms with Gasteiger partial charge in [0.2, 0.25) is 5.91 Å². The van der Waals surface area contributed by atoms with Crippen molar-refractivity contribution >= 4 is 19.0 Å². The quantitative estimate of drug-likeness (QED) is 0.720. The van der Waals surface area contributed by atoms with Crippen molar-refractivity contribution in [1.82, 2.24) is 5.32 Å².